The van der Waals surface area contributed by atoms with E-state index >= 15 is 0 Å². The maximum atomic E-state index is 12.3. The van der Waals surface area contributed by atoms with E-state index in [-0.39, 0.29) is 17.9 Å². The van der Waals surface area contributed by atoms with Crippen LogP contribution in [0, 0.1) is 5.92 Å². The Morgan fingerprint density at radius 3 is 3.04 bits per heavy atom. The van der Waals surface area contributed by atoms with Gasteiger partial charge in [-0.1, -0.05) is 6.07 Å². The number of aromatic amines is 1. The predicted molar refractivity (Wildman–Crippen MR) is 86.0 cm³/mol. The standard InChI is InChI=1S/C17H22N4O2/c1-11(2)23-16-6-3-12(8-18-16)9-19-17(22)13-4-5-14-15(7-13)21-10-20-14/h3,6,8,10-11,13H,4-5,7,9H2,1-2H3,(H,19,22)(H,20,21)/t13-/m1/s1. The van der Waals surface area contributed by atoms with Crippen LogP contribution in [0.1, 0.15) is 37.2 Å². The van der Waals surface area contributed by atoms with Gasteiger partial charge < -0.3 is 15.0 Å². The van der Waals surface area contributed by atoms with Crippen LogP contribution in [0.3, 0.4) is 0 Å². The van der Waals surface area contributed by atoms with E-state index in [1.807, 2.05) is 26.0 Å². The van der Waals surface area contributed by atoms with Crippen molar-refractivity contribution < 1.29 is 9.53 Å². The van der Waals surface area contributed by atoms with Gasteiger partial charge in [-0.05, 0) is 32.3 Å². The Balaban J connectivity index is 1.51. The van der Waals surface area contributed by atoms with Crippen LogP contribution in [0.25, 0.3) is 0 Å². The topological polar surface area (TPSA) is 79.9 Å². The van der Waals surface area contributed by atoms with Crippen molar-refractivity contribution in [3.05, 3.63) is 41.6 Å². The smallest absolute Gasteiger partial charge is 0.223 e. The average Bonchev–Trinajstić information content (AvgIpc) is 3.01. The summed E-state index contributed by atoms with van der Waals surface area (Å²) in [6.07, 6.45) is 6.00. The molecule has 0 fully saturated rings. The summed E-state index contributed by atoms with van der Waals surface area (Å²) in [6.45, 7) is 4.41. The Bertz CT molecular complexity index is 663. The Labute approximate surface area is 135 Å². The molecule has 2 N–H and O–H groups in total. The zero-order valence-corrected chi connectivity index (χ0v) is 13.5. The predicted octanol–water partition coefficient (Wildman–Crippen LogP) is 2.01. The van der Waals surface area contributed by atoms with Crippen molar-refractivity contribution in [1.82, 2.24) is 20.3 Å². The van der Waals surface area contributed by atoms with Crippen molar-refractivity contribution in [1.29, 1.82) is 0 Å². The highest BCUT2D eigenvalue weighted by Crippen LogP contribution is 2.23. The summed E-state index contributed by atoms with van der Waals surface area (Å²) in [5, 5.41) is 3.00. The maximum Gasteiger partial charge on any atom is 0.223 e. The van der Waals surface area contributed by atoms with Crippen LogP contribution in [0.15, 0.2) is 24.7 Å². The second-order valence-electron chi connectivity index (χ2n) is 6.16. The van der Waals surface area contributed by atoms with E-state index in [0.29, 0.717) is 12.4 Å². The van der Waals surface area contributed by atoms with E-state index in [0.717, 1.165) is 36.2 Å². The maximum absolute atomic E-state index is 12.3. The first-order valence-electron chi connectivity index (χ1n) is 8.02. The molecule has 2 aromatic heterocycles. The van der Waals surface area contributed by atoms with Gasteiger partial charge in [0.25, 0.3) is 0 Å². The average molecular weight is 314 g/mol. The quantitative estimate of drug-likeness (QED) is 0.885. The fraction of sp³-hybridized carbons (Fsp3) is 0.471. The number of carbonyl (C=O) groups excluding carboxylic acids is 1. The molecule has 0 spiro atoms. The third kappa shape index (κ3) is 3.88. The number of aryl methyl sites for hydroxylation is 1. The molecule has 0 bridgehead atoms. The highest BCUT2D eigenvalue weighted by Gasteiger charge is 2.25. The van der Waals surface area contributed by atoms with Gasteiger partial charge in [-0.25, -0.2) is 9.97 Å². The molecular formula is C17H22N4O2. The van der Waals surface area contributed by atoms with Crippen molar-refractivity contribution in [2.24, 2.45) is 5.92 Å². The van der Waals surface area contributed by atoms with Crippen LogP contribution in [-0.2, 0) is 24.2 Å². The number of nitrogens with zero attached hydrogens (tertiary/aromatic N) is 2. The van der Waals surface area contributed by atoms with Gasteiger partial charge in [0.05, 0.1) is 18.1 Å². The van der Waals surface area contributed by atoms with Crippen molar-refractivity contribution in [3.63, 3.8) is 0 Å². The zero-order chi connectivity index (χ0) is 16.2. The summed E-state index contributed by atoms with van der Waals surface area (Å²) in [4.78, 5) is 24.0. The SMILES string of the molecule is CC(C)Oc1ccc(CNC(=O)[C@@H]2CCc3nc[nH]c3C2)cn1. The van der Waals surface area contributed by atoms with Crippen molar-refractivity contribution >= 4 is 5.91 Å². The van der Waals surface area contributed by atoms with Gasteiger partial charge in [0.1, 0.15) is 0 Å². The molecule has 1 atom stereocenters. The Morgan fingerprint density at radius 1 is 1.43 bits per heavy atom. The second-order valence-corrected chi connectivity index (χ2v) is 6.16. The Morgan fingerprint density at radius 2 is 2.30 bits per heavy atom. The molecule has 2 heterocycles. The number of amides is 1. The van der Waals surface area contributed by atoms with E-state index in [4.69, 9.17) is 4.74 Å². The van der Waals surface area contributed by atoms with Crippen molar-refractivity contribution in [3.8, 4) is 5.88 Å². The van der Waals surface area contributed by atoms with E-state index in [9.17, 15) is 4.79 Å². The minimum atomic E-state index is 0.0134. The summed E-state index contributed by atoms with van der Waals surface area (Å²) < 4.78 is 5.51. The zero-order valence-electron chi connectivity index (χ0n) is 13.5. The molecule has 0 aromatic carbocycles. The number of hydrogen-bond acceptors (Lipinski definition) is 4. The number of carbonyl (C=O) groups is 1. The van der Waals surface area contributed by atoms with Crippen molar-refractivity contribution in [2.75, 3.05) is 0 Å². The number of hydrogen-bond donors (Lipinski definition) is 2. The number of nitrogens with one attached hydrogen (secondary N) is 2. The van der Waals surface area contributed by atoms with Crippen molar-refractivity contribution in [2.45, 2.75) is 45.8 Å². The number of imidazole rings is 1. The number of fused-ring (bicyclic) bond motifs is 1. The van der Waals surface area contributed by atoms with Gasteiger partial charge in [0, 0.05) is 36.8 Å². The third-order valence-corrected chi connectivity index (χ3v) is 3.98. The summed E-state index contributed by atoms with van der Waals surface area (Å²) >= 11 is 0. The Hall–Kier alpha value is -2.37. The van der Waals surface area contributed by atoms with E-state index in [1.165, 1.54) is 0 Å². The van der Waals surface area contributed by atoms with Crippen LogP contribution in [-0.4, -0.2) is 27.0 Å². The molecular weight excluding hydrogens is 292 g/mol. The Kier molecular flexibility index (Phi) is 4.60. The first kappa shape index (κ1) is 15.5. The first-order chi connectivity index (χ1) is 11.1. The minimum Gasteiger partial charge on any atom is -0.475 e. The number of pyridine rings is 1. The molecule has 0 saturated heterocycles. The summed E-state index contributed by atoms with van der Waals surface area (Å²) in [6, 6.07) is 3.76. The van der Waals surface area contributed by atoms with Gasteiger partial charge in [-0.2, -0.15) is 0 Å². The van der Waals surface area contributed by atoms with Gasteiger partial charge in [0.15, 0.2) is 0 Å². The summed E-state index contributed by atoms with van der Waals surface area (Å²) in [5.74, 6) is 0.710. The second kappa shape index (κ2) is 6.81. The fourth-order valence-corrected chi connectivity index (χ4v) is 2.78. The van der Waals surface area contributed by atoms with Crippen LogP contribution >= 0.6 is 0 Å². The molecule has 1 aliphatic rings. The molecule has 6 heteroatoms. The summed E-state index contributed by atoms with van der Waals surface area (Å²) in [5.41, 5.74) is 3.15. The summed E-state index contributed by atoms with van der Waals surface area (Å²) in [7, 11) is 0. The van der Waals surface area contributed by atoms with Gasteiger partial charge in [-0.15, -0.1) is 0 Å². The lowest BCUT2D eigenvalue weighted by atomic mass is 9.89. The monoisotopic (exact) mass is 314 g/mol. The number of rotatable bonds is 5. The molecule has 0 aliphatic heterocycles. The molecule has 23 heavy (non-hydrogen) atoms. The van der Waals surface area contributed by atoms with E-state index in [1.54, 1.807) is 12.5 Å². The highest BCUT2D eigenvalue weighted by molar-refractivity contribution is 5.79. The lowest BCUT2D eigenvalue weighted by Crippen LogP contribution is -2.33. The molecule has 1 amide bonds. The number of aromatic nitrogens is 3. The lowest BCUT2D eigenvalue weighted by Gasteiger charge is -2.20. The van der Waals surface area contributed by atoms with Crippen LogP contribution in [0.4, 0.5) is 0 Å². The number of ether oxygens (including phenoxy) is 1. The first-order valence-corrected chi connectivity index (χ1v) is 8.02. The lowest BCUT2D eigenvalue weighted by molar-refractivity contribution is -0.125. The molecule has 3 rings (SSSR count). The van der Waals surface area contributed by atoms with Gasteiger partial charge in [0.2, 0.25) is 11.8 Å². The molecule has 0 saturated carbocycles. The van der Waals surface area contributed by atoms with Crippen LogP contribution < -0.4 is 10.1 Å². The molecule has 2 aromatic rings. The molecule has 0 unspecified atom stereocenters. The third-order valence-electron chi connectivity index (χ3n) is 3.98. The molecule has 1 aliphatic carbocycles. The van der Waals surface area contributed by atoms with Gasteiger partial charge >= 0.3 is 0 Å². The largest absolute Gasteiger partial charge is 0.475 e. The van der Waals surface area contributed by atoms with Gasteiger partial charge in [-0.3, -0.25) is 4.79 Å². The van der Waals surface area contributed by atoms with Crippen LogP contribution in [0.2, 0.25) is 0 Å². The number of H-pyrrole nitrogens is 1. The fourth-order valence-electron chi connectivity index (χ4n) is 2.78. The highest BCUT2D eigenvalue weighted by atomic mass is 16.5. The molecule has 122 valence electrons. The normalized spacial score (nSPS) is 16.9. The molecule has 6 nitrogen and oxygen atoms in total. The van der Waals surface area contributed by atoms with E-state index < -0.39 is 0 Å². The van der Waals surface area contributed by atoms with Crippen LogP contribution in [0.5, 0.6) is 5.88 Å². The van der Waals surface area contributed by atoms with E-state index in [2.05, 4.69) is 20.3 Å². The minimum absolute atomic E-state index is 0.0134. The molecule has 0 radical (unpaired) electrons.